The second-order valence-corrected chi connectivity index (χ2v) is 6.56. The molecule has 1 aromatic carbocycles. The van der Waals surface area contributed by atoms with Crippen molar-refractivity contribution in [2.24, 2.45) is 0 Å². The summed E-state index contributed by atoms with van der Waals surface area (Å²) in [6.45, 7) is 5.33. The van der Waals surface area contributed by atoms with Crippen molar-refractivity contribution in [1.29, 1.82) is 5.41 Å². The first-order valence-corrected chi connectivity index (χ1v) is 8.98. The number of rotatable bonds is 6. The number of nitrogens with one attached hydrogen (secondary N) is 1. The molecule has 26 heavy (non-hydrogen) atoms. The number of fused-ring (bicyclic) bond motifs is 1. The summed E-state index contributed by atoms with van der Waals surface area (Å²) in [6.07, 6.45) is 0.772. The van der Waals surface area contributed by atoms with Gasteiger partial charge in [0.25, 0.3) is 0 Å². The summed E-state index contributed by atoms with van der Waals surface area (Å²) in [4.78, 5) is 2.36. The van der Waals surface area contributed by atoms with Gasteiger partial charge in [0.05, 0.1) is 37.1 Å². The second kappa shape index (κ2) is 7.49. The minimum absolute atomic E-state index is 0.289. The molecule has 1 atom stereocenters. The van der Waals surface area contributed by atoms with E-state index in [0.29, 0.717) is 11.4 Å². The highest BCUT2D eigenvalue weighted by molar-refractivity contribution is 5.75. The number of ether oxygens (including phenoxy) is 1. The molecule has 138 valence electrons. The van der Waals surface area contributed by atoms with Crippen LogP contribution in [0.25, 0.3) is 11.0 Å². The molecular formula is C19H24N4O3. The minimum Gasteiger partial charge on any atom is -0.467 e. The van der Waals surface area contributed by atoms with Crippen LogP contribution < -0.4 is 5.62 Å². The number of furan rings is 1. The molecular weight excluding hydrogens is 332 g/mol. The number of benzene rings is 1. The predicted molar refractivity (Wildman–Crippen MR) is 96.7 cm³/mol. The number of aliphatic hydroxyl groups excluding tert-OH is 1. The van der Waals surface area contributed by atoms with Gasteiger partial charge < -0.3 is 23.4 Å². The fraction of sp³-hybridized carbons (Fsp3) is 0.421. The normalized spacial score (nSPS) is 17.0. The van der Waals surface area contributed by atoms with Gasteiger partial charge in [-0.3, -0.25) is 10.3 Å². The van der Waals surface area contributed by atoms with Gasteiger partial charge in [-0.15, -0.1) is 0 Å². The zero-order valence-electron chi connectivity index (χ0n) is 14.7. The van der Waals surface area contributed by atoms with Crippen LogP contribution >= 0.6 is 0 Å². The molecule has 0 unspecified atom stereocenters. The van der Waals surface area contributed by atoms with E-state index in [-0.39, 0.29) is 6.54 Å². The lowest BCUT2D eigenvalue weighted by Gasteiger charge is -2.26. The van der Waals surface area contributed by atoms with Crippen LogP contribution in [0.4, 0.5) is 0 Å². The van der Waals surface area contributed by atoms with Crippen molar-refractivity contribution < 1.29 is 14.3 Å². The van der Waals surface area contributed by atoms with E-state index in [1.807, 2.05) is 33.4 Å². The van der Waals surface area contributed by atoms with Gasteiger partial charge in [-0.2, -0.15) is 0 Å². The summed E-state index contributed by atoms with van der Waals surface area (Å²) in [6, 6.07) is 11.5. The van der Waals surface area contributed by atoms with E-state index in [9.17, 15) is 5.11 Å². The van der Waals surface area contributed by atoms with Crippen LogP contribution in [0, 0.1) is 5.41 Å². The molecule has 7 nitrogen and oxygen atoms in total. The van der Waals surface area contributed by atoms with Gasteiger partial charge in [0.1, 0.15) is 11.9 Å². The van der Waals surface area contributed by atoms with Gasteiger partial charge in [0.2, 0.25) is 5.62 Å². The molecule has 2 aromatic heterocycles. The van der Waals surface area contributed by atoms with E-state index in [2.05, 4.69) is 4.90 Å². The van der Waals surface area contributed by atoms with Crippen molar-refractivity contribution in [3.8, 4) is 0 Å². The van der Waals surface area contributed by atoms with Crippen molar-refractivity contribution in [3.63, 3.8) is 0 Å². The minimum atomic E-state index is -0.780. The van der Waals surface area contributed by atoms with Crippen molar-refractivity contribution >= 4 is 11.0 Å². The Morgan fingerprint density at radius 1 is 1.00 bits per heavy atom. The topological polar surface area (TPSA) is 79.5 Å². The molecule has 0 aliphatic carbocycles. The van der Waals surface area contributed by atoms with Gasteiger partial charge >= 0.3 is 0 Å². The lowest BCUT2D eigenvalue weighted by Crippen LogP contribution is -2.39. The van der Waals surface area contributed by atoms with E-state index in [1.165, 1.54) is 0 Å². The zero-order valence-corrected chi connectivity index (χ0v) is 14.7. The smallest absolute Gasteiger partial charge is 0.203 e. The van der Waals surface area contributed by atoms with E-state index >= 15 is 0 Å². The van der Waals surface area contributed by atoms with Gasteiger partial charge in [-0.1, -0.05) is 12.1 Å². The molecule has 0 spiro atoms. The molecule has 3 heterocycles. The third kappa shape index (κ3) is 3.33. The number of aliphatic hydroxyl groups is 1. The maximum atomic E-state index is 10.5. The van der Waals surface area contributed by atoms with Gasteiger partial charge in [0.15, 0.2) is 0 Å². The van der Waals surface area contributed by atoms with E-state index in [1.54, 1.807) is 18.4 Å². The van der Waals surface area contributed by atoms with Crippen LogP contribution in [0.2, 0.25) is 0 Å². The molecule has 3 aromatic rings. The highest BCUT2D eigenvalue weighted by atomic mass is 16.5. The van der Waals surface area contributed by atoms with Crippen LogP contribution in [-0.4, -0.2) is 52.0 Å². The molecule has 7 heteroatoms. The molecule has 1 fully saturated rings. The summed E-state index contributed by atoms with van der Waals surface area (Å²) in [7, 11) is 0. The lowest BCUT2D eigenvalue weighted by molar-refractivity contribution is 0.0363. The van der Waals surface area contributed by atoms with Gasteiger partial charge in [0, 0.05) is 26.2 Å². The van der Waals surface area contributed by atoms with Crippen LogP contribution in [0.1, 0.15) is 11.9 Å². The Balaban J connectivity index is 1.61. The Morgan fingerprint density at radius 3 is 2.42 bits per heavy atom. The molecule has 0 radical (unpaired) electrons. The van der Waals surface area contributed by atoms with Crippen LogP contribution in [0.15, 0.2) is 47.1 Å². The predicted octanol–water partition coefficient (Wildman–Crippen LogP) is 1.58. The maximum absolute atomic E-state index is 10.5. The number of para-hydroxylation sites is 2. The molecule has 1 aliphatic rings. The molecule has 0 saturated carbocycles. The van der Waals surface area contributed by atoms with Crippen LogP contribution in [-0.2, 0) is 17.8 Å². The number of morpholine rings is 1. The summed E-state index contributed by atoms with van der Waals surface area (Å²) in [5, 5.41) is 19.1. The van der Waals surface area contributed by atoms with Crippen LogP contribution in [0.5, 0.6) is 0 Å². The molecule has 1 saturated heterocycles. The van der Waals surface area contributed by atoms with Crippen molar-refractivity contribution in [1.82, 2.24) is 14.0 Å². The number of nitrogens with zero attached hydrogens (tertiary/aromatic N) is 3. The molecule has 4 rings (SSSR count). The standard InChI is InChI=1S/C19H24N4O3/c20-19-22(8-7-21-9-12-25-13-10-21)15-4-1-2-5-16(15)23(19)14-17(24)18-6-3-11-26-18/h1-6,11,17,20,24H,7-10,12-14H2/t17-/m0/s1. The SMILES string of the molecule is N=c1n(CCN2CCOCC2)c2ccccc2n1C[C@H](O)c1ccco1. The maximum Gasteiger partial charge on any atom is 0.203 e. The quantitative estimate of drug-likeness (QED) is 0.703. The second-order valence-electron chi connectivity index (χ2n) is 6.56. The first kappa shape index (κ1) is 17.1. The molecule has 1 aliphatic heterocycles. The zero-order chi connectivity index (χ0) is 17.9. The average molecular weight is 356 g/mol. The lowest BCUT2D eigenvalue weighted by atomic mass is 10.2. The summed E-state index contributed by atoms with van der Waals surface area (Å²) < 4.78 is 14.6. The van der Waals surface area contributed by atoms with E-state index < -0.39 is 6.10 Å². The third-order valence-electron chi connectivity index (χ3n) is 4.95. The van der Waals surface area contributed by atoms with Gasteiger partial charge in [-0.05, 0) is 24.3 Å². The number of hydrogen-bond donors (Lipinski definition) is 2. The molecule has 0 bridgehead atoms. The molecule has 2 N–H and O–H groups in total. The Morgan fingerprint density at radius 2 is 1.73 bits per heavy atom. The highest BCUT2D eigenvalue weighted by Gasteiger charge is 2.17. The average Bonchev–Trinajstić information content (AvgIpc) is 3.29. The number of imidazole rings is 1. The fourth-order valence-corrected chi connectivity index (χ4v) is 3.52. The summed E-state index contributed by atoms with van der Waals surface area (Å²) >= 11 is 0. The highest BCUT2D eigenvalue weighted by Crippen LogP contribution is 2.19. The Bertz CT molecular complexity index is 907. The van der Waals surface area contributed by atoms with E-state index in [0.717, 1.165) is 50.4 Å². The Labute approximate surface area is 151 Å². The monoisotopic (exact) mass is 356 g/mol. The first-order valence-electron chi connectivity index (χ1n) is 8.98. The fourth-order valence-electron chi connectivity index (χ4n) is 3.52. The first-order chi connectivity index (χ1) is 12.7. The largest absolute Gasteiger partial charge is 0.467 e. The number of aromatic nitrogens is 2. The van der Waals surface area contributed by atoms with Crippen molar-refractivity contribution in [3.05, 3.63) is 54.0 Å². The Hall–Kier alpha value is -2.35. The Kier molecular flexibility index (Phi) is 4.92. The summed E-state index contributed by atoms with van der Waals surface area (Å²) in [5.74, 6) is 0.516. The van der Waals surface area contributed by atoms with Crippen molar-refractivity contribution in [2.45, 2.75) is 19.2 Å². The van der Waals surface area contributed by atoms with Crippen LogP contribution in [0.3, 0.4) is 0 Å². The van der Waals surface area contributed by atoms with Gasteiger partial charge in [-0.25, -0.2) is 0 Å². The summed E-state index contributed by atoms with van der Waals surface area (Å²) in [5.41, 5.74) is 2.35. The number of hydrogen-bond acceptors (Lipinski definition) is 5. The van der Waals surface area contributed by atoms with Crippen molar-refractivity contribution in [2.75, 3.05) is 32.8 Å². The van der Waals surface area contributed by atoms with E-state index in [4.69, 9.17) is 14.6 Å². The molecule has 0 amide bonds. The third-order valence-corrected chi connectivity index (χ3v) is 4.95.